The molecule has 5 nitrogen and oxygen atoms in total. The van der Waals surface area contributed by atoms with Crippen molar-refractivity contribution in [3.05, 3.63) is 42.0 Å². The Bertz CT molecular complexity index is 757. The summed E-state index contributed by atoms with van der Waals surface area (Å²) in [5.41, 5.74) is -0.813. The lowest BCUT2D eigenvalue weighted by Gasteiger charge is -2.25. The summed E-state index contributed by atoms with van der Waals surface area (Å²) in [6, 6.07) is 8.72. The van der Waals surface area contributed by atoms with Gasteiger partial charge in [0, 0.05) is 0 Å². The molecule has 110 valence electrons. The number of nitriles is 1. The molecule has 2 amide bonds. The largest absolute Gasteiger partial charge is 0.359 e. The maximum absolute atomic E-state index is 12.9. The maximum Gasteiger partial charge on any atom is 0.241 e. The van der Waals surface area contributed by atoms with Gasteiger partial charge in [0.2, 0.25) is 11.8 Å². The molecule has 0 N–H and O–H groups in total. The van der Waals surface area contributed by atoms with Crippen LogP contribution in [0.3, 0.4) is 0 Å². The highest BCUT2D eigenvalue weighted by molar-refractivity contribution is 6.24. The average molecular weight is 294 g/mol. The van der Waals surface area contributed by atoms with E-state index in [-0.39, 0.29) is 11.8 Å². The zero-order valence-corrected chi connectivity index (χ0v) is 12.2. The zero-order valence-electron chi connectivity index (χ0n) is 12.2. The first-order chi connectivity index (χ1) is 10.4. The van der Waals surface area contributed by atoms with Crippen LogP contribution in [0.4, 0.5) is 5.69 Å². The molecule has 2 bridgehead atoms. The molecule has 0 aliphatic carbocycles. The smallest absolute Gasteiger partial charge is 0.241 e. The highest BCUT2D eigenvalue weighted by atomic mass is 16.5. The maximum atomic E-state index is 12.9. The van der Waals surface area contributed by atoms with Crippen LogP contribution in [0.25, 0.3) is 0 Å². The Hall–Kier alpha value is -2.45. The van der Waals surface area contributed by atoms with E-state index in [0.29, 0.717) is 11.3 Å². The van der Waals surface area contributed by atoms with Crippen LogP contribution in [0.1, 0.15) is 19.4 Å². The van der Waals surface area contributed by atoms with E-state index in [4.69, 9.17) is 4.74 Å². The Morgan fingerprint density at radius 1 is 1.09 bits per heavy atom. The third-order valence-electron chi connectivity index (χ3n) is 4.99. The second-order valence-electron chi connectivity index (χ2n) is 6.40. The van der Waals surface area contributed by atoms with Gasteiger partial charge in [0.25, 0.3) is 0 Å². The molecule has 4 rings (SSSR count). The number of anilines is 1. The Labute approximate surface area is 127 Å². The fraction of sp³-hybridized carbons (Fsp3) is 0.353. The zero-order chi connectivity index (χ0) is 15.7. The fourth-order valence-corrected chi connectivity index (χ4v) is 4.03. The van der Waals surface area contributed by atoms with Gasteiger partial charge in [-0.1, -0.05) is 24.3 Å². The van der Waals surface area contributed by atoms with Crippen LogP contribution in [0, 0.1) is 23.2 Å². The van der Waals surface area contributed by atoms with Gasteiger partial charge in [-0.05, 0) is 26.0 Å². The van der Waals surface area contributed by atoms with Crippen molar-refractivity contribution in [3.8, 4) is 6.07 Å². The Morgan fingerprint density at radius 2 is 1.64 bits per heavy atom. The van der Waals surface area contributed by atoms with Crippen LogP contribution in [-0.2, 0) is 14.3 Å². The van der Waals surface area contributed by atoms with Crippen molar-refractivity contribution in [2.45, 2.75) is 25.0 Å². The van der Waals surface area contributed by atoms with Crippen LogP contribution < -0.4 is 4.90 Å². The summed E-state index contributed by atoms with van der Waals surface area (Å²) in [6.45, 7) is 3.68. The number of para-hydroxylation sites is 1. The van der Waals surface area contributed by atoms with Gasteiger partial charge in [0.15, 0.2) is 0 Å². The molecule has 0 spiro atoms. The molecule has 0 unspecified atom stereocenters. The third kappa shape index (κ3) is 1.36. The fourth-order valence-electron chi connectivity index (χ4n) is 4.03. The van der Waals surface area contributed by atoms with Crippen LogP contribution in [0.2, 0.25) is 0 Å². The first-order valence-corrected chi connectivity index (χ1v) is 7.19. The number of benzene rings is 1. The highest BCUT2D eigenvalue weighted by Crippen LogP contribution is 2.57. The number of amides is 2. The minimum Gasteiger partial charge on any atom is -0.359 e. The molecular formula is C17H14N2O3. The molecule has 4 atom stereocenters. The minimum atomic E-state index is -0.748. The van der Waals surface area contributed by atoms with Gasteiger partial charge < -0.3 is 4.74 Å². The van der Waals surface area contributed by atoms with E-state index in [1.165, 1.54) is 4.90 Å². The van der Waals surface area contributed by atoms with Gasteiger partial charge in [0.05, 0.1) is 34.3 Å². The van der Waals surface area contributed by atoms with Crippen molar-refractivity contribution in [2.24, 2.45) is 11.8 Å². The second-order valence-corrected chi connectivity index (χ2v) is 6.40. The molecule has 0 radical (unpaired) electrons. The molecule has 0 aromatic heterocycles. The van der Waals surface area contributed by atoms with Gasteiger partial charge in [-0.2, -0.15) is 5.26 Å². The summed E-state index contributed by atoms with van der Waals surface area (Å²) in [5, 5.41) is 9.24. The second kappa shape index (κ2) is 3.84. The quantitative estimate of drug-likeness (QED) is 0.585. The van der Waals surface area contributed by atoms with Crippen molar-refractivity contribution >= 4 is 17.5 Å². The molecule has 3 heterocycles. The summed E-state index contributed by atoms with van der Waals surface area (Å²) >= 11 is 0. The lowest BCUT2D eigenvalue weighted by molar-refractivity contribution is -0.128. The number of ether oxygens (including phenoxy) is 1. The Balaban J connectivity index is 1.86. The van der Waals surface area contributed by atoms with E-state index >= 15 is 0 Å². The summed E-state index contributed by atoms with van der Waals surface area (Å²) in [7, 11) is 0. The normalized spacial score (nSPS) is 38.5. The van der Waals surface area contributed by atoms with Crippen molar-refractivity contribution in [1.29, 1.82) is 5.26 Å². The van der Waals surface area contributed by atoms with Crippen molar-refractivity contribution in [3.63, 3.8) is 0 Å². The van der Waals surface area contributed by atoms with Gasteiger partial charge in [-0.3, -0.25) is 9.59 Å². The summed E-state index contributed by atoms with van der Waals surface area (Å²) in [6.07, 6.45) is 3.75. The first-order valence-electron chi connectivity index (χ1n) is 7.19. The number of hydrogen-bond acceptors (Lipinski definition) is 4. The van der Waals surface area contributed by atoms with Crippen LogP contribution in [-0.4, -0.2) is 23.0 Å². The number of imide groups is 1. The Morgan fingerprint density at radius 3 is 2.18 bits per heavy atom. The van der Waals surface area contributed by atoms with E-state index in [2.05, 4.69) is 0 Å². The van der Waals surface area contributed by atoms with Crippen LogP contribution in [0.15, 0.2) is 36.4 Å². The molecule has 1 aromatic carbocycles. The molecule has 0 saturated carbocycles. The first kappa shape index (κ1) is 13.2. The highest BCUT2D eigenvalue weighted by Gasteiger charge is 2.70. The van der Waals surface area contributed by atoms with Gasteiger partial charge in [-0.15, -0.1) is 0 Å². The summed E-state index contributed by atoms with van der Waals surface area (Å²) in [5.74, 6) is -1.62. The number of fused-ring (bicyclic) bond motifs is 5. The predicted molar refractivity (Wildman–Crippen MR) is 77.7 cm³/mol. The molecule has 3 aliphatic rings. The minimum absolute atomic E-state index is 0.284. The monoisotopic (exact) mass is 294 g/mol. The predicted octanol–water partition coefficient (Wildman–Crippen LogP) is 1.78. The van der Waals surface area contributed by atoms with Gasteiger partial charge in [0.1, 0.15) is 6.07 Å². The number of hydrogen-bond donors (Lipinski definition) is 0. The third-order valence-corrected chi connectivity index (χ3v) is 4.99. The molecule has 2 fully saturated rings. The summed E-state index contributed by atoms with van der Waals surface area (Å²) in [4.78, 5) is 26.9. The van der Waals surface area contributed by atoms with E-state index in [9.17, 15) is 14.9 Å². The number of nitrogens with zero attached hydrogens (tertiary/aromatic N) is 2. The van der Waals surface area contributed by atoms with Gasteiger partial charge in [-0.25, -0.2) is 4.90 Å². The molecule has 1 aromatic rings. The van der Waals surface area contributed by atoms with Crippen molar-refractivity contribution in [2.75, 3.05) is 4.90 Å². The number of carbonyl (C=O) groups is 2. The summed E-state index contributed by atoms with van der Waals surface area (Å²) < 4.78 is 5.95. The number of carbonyl (C=O) groups excluding carboxylic acids is 2. The molecular weight excluding hydrogens is 280 g/mol. The SMILES string of the molecule is C[C@]12C=C[C@](C)(O1)[C@H]1C(=O)N(c3ccccc3C#N)C(=O)[C@@H]12. The molecule has 3 aliphatic heterocycles. The number of rotatable bonds is 1. The van der Waals surface area contributed by atoms with E-state index in [1.54, 1.807) is 24.3 Å². The lowest BCUT2D eigenvalue weighted by atomic mass is 9.73. The van der Waals surface area contributed by atoms with Crippen LogP contribution in [0.5, 0.6) is 0 Å². The molecule has 2 saturated heterocycles. The van der Waals surface area contributed by atoms with Crippen LogP contribution >= 0.6 is 0 Å². The molecule has 5 heteroatoms. The lowest BCUT2D eigenvalue weighted by Crippen LogP contribution is -2.39. The Kier molecular flexibility index (Phi) is 2.31. The standard InChI is InChI=1S/C17H14N2O3/c1-16-7-8-17(2,22-16)13-12(16)14(20)19(15(13)21)11-6-4-3-5-10(11)9-18/h3-8,12-13H,1-2H3/t12-,13-,16-,17+/m1/s1. The van der Waals surface area contributed by atoms with E-state index < -0.39 is 23.0 Å². The topological polar surface area (TPSA) is 70.4 Å². The molecule has 22 heavy (non-hydrogen) atoms. The van der Waals surface area contributed by atoms with Crippen molar-refractivity contribution in [1.82, 2.24) is 0 Å². The van der Waals surface area contributed by atoms with E-state index in [1.807, 2.05) is 32.1 Å². The van der Waals surface area contributed by atoms with E-state index in [0.717, 1.165) is 0 Å². The van der Waals surface area contributed by atoms with Gasteiger partial charge >= 0.3 is 0 Å². The average Bonchev–Trinajstić information content (AvgIpc) is 3.04. The van der Waals surface area contributed by atoms with Crippen molar-refractivity contribution < 1.29 is 14.3 Å².